The second kappa shape index (κ2) is 8.48. The third-order valence-corrected chi connectivity index (χ3v) is 4.71. The van der Waals surface area contributed by atoms with Crippen LogP contribution in [0.1, 0.15) is 18.0 Å². The van der Waals surface area contributed by atoms with Crippen molar-refractivity contribution < 1.29 is 14.1 Å². The molecule has 4 aromatic rings. The molecule has 0 fully saturated rings. The number of methoxy groups -OCH3 is 1. The first-order valence-electron chi connectivity index (χ1n) is 9.30. The number of hydrogen-bond acceptors (Lipinski definition) is 4. The number of hydrogen-bond donors (Lipinski definition) is 1. The fourth-order valence-electron chi connectivity index (χ4n) is 3.30. The Kier molecular flexibility index (Phi) is 5.42. The zero-order chi connectivity index (χ0) is 20.1. The number of carbonyl (C=O) groups is 1. The second-order valence-electron chi connectivity index (χ2n) is 6.63. The highest BCUT2D eigenvalue weighted by atomic mass is 16.5. The summed E-state index contributed by atoms with van der Waals surface area (Å²) in [6.45, 7) is 0. The van der Waals surface area contributed by atoms with E-state index in [1.165, 1.54) is 0 Å². The van der Waals surface area contributed by atoms with Gasteiger partial charge in [-0.25, -0.2) is 0 Å². The molecule has 0 aliphatic carbocycles. The average molecular weight is 387 g/mol. The number of carbonyl (C=O) groups excluding carboxylic acids is 1. The Morgan fingerprint density at radius 2 is 1.93 bits per heavy atom. The van der Waals surface area contributed by atoms with Gasteiger partial charge in [0.1, 0.15) is 5.75 Å². The van der Waals surface area contributed by atoms with E-state index >= 15 is 0 Å². The Bertz CT molecular complexity index is 1070. The van der Waals surface area contributed by atoms with Gasteiger partial charge in [0.2, 0.25) is 5.91 Å². The van der Waals surface area contributed by atoms with Gasteiger partial charge in [-0.3, -0.25) is 4.79 Å². The summed E-state index contributed by atoms with van der Waals surface area (Å²) in [4.78, 5) is 12.9. The molecule has 0 spiro atoms. The molecule has 1 N–H and O–H groups in total. The van der Waals surface area contributed by atoms with E-state index in [2.05, 4.69) is 10.5 Å². The maximum Gasteiger partial charge on any atom is 0.226 e. The van der Waals surface area contributed by atoms with Crippen LogP contribution >= 0.6 is 0 Å². The molecule has 0 radical (unpaired) electrons. The van der Waals surface area contributed by atoms with Gasteiger partial charge in [-0.2, -0.15) is 0 Å². The Hall–Kier alpha value is -3.80. The maximum atomic E-state index is 12.9. The van der Waals surface area contributed by atoms with Gasteiger partial charge in [0.15, 0.2) is 5.76 Å². The third-order valence-electron chi connectivity index (χ3n) is 4.71. The molecule has 2 aromatic heterocycles. The van der Waals surface area contributed by atoms with Gasteiger partial charge in [-0.1, -0.05) is 29.4 Å². The minimum Gasteiger partial charge on any atom is -0.497 e. The molecule has 0 saturated heterocycles. The van der Waals surface area contributed by atoms with Gasteiger partial charge >= 0.3 is 0 Å². The standard InChI is InChI=1S/C23H21N3O3/c1-28-20-9-5-6-17(15-20)21(26-12-2-3-13-26)16-23(27)25-19-8-4-7-18(14-19)22-10-11-24-29-22/h2-15,21H,16H2,1H3,(H,25,27)/t21-/m1/s1. The predicted octanol–water partition coefficient (Wildman–Crippen LogP) is 4.77. The van der Waals surface area contributed by atoms with Gasteiger partial charge < -0.3 is 19.1 Å². The molecular formula is C23H21N3O3. The van der Waals surface area contributed by atoms with Crippen LogP contribution in [0, 0.1) is 0 Å². The smallest absolute Gasteiger partial charge is 0.226 e. The Balaban J connectivity index is 1.54. The van der Waals surface area contributed by atoms with Crippen molar-refractivity contribution in [1.29, 1.82) is 0 Å². The summed E-state index contributed by atoms with van der Waals surface area (Å²) >= 11 is 0. The largest absolute Gasteiger partial charge is 0.497 e. The van der Waals surface area contributed by atoms with Crippen molar-refractivity contribution in [2.75, 3.05) is 12.4 Å². The minimum atomic E-state index is -0.141. The van der Waals surface area contributed by atoms with E-state index in [4.69, 9.17) is 9.26 Å². The van der Waals surface area contributed by atoms with Crippen molar-refractivity contribution in [2.45, 2.75) is 12.5 Å². The normalized spacial score (nSPS) is 11.8. The summed E-state index contributed by atoms with van der Waals surface area (Å²) in [6.07, 6.45) is 5.80. The number of aromatic nitrogens is 2. The van der Waals surface area contributed by atoms with E-state index < -0.39 is 0 Å². The van der Waals surface area contributed by atoms with Gasteiger partial charge in [0, 0.05) is 29.7 Å². The molecule has 1 atom stereocenters. The van der Waals surface area contributed by atoms with E-state index in [0.29, 0.717) is 11.4 Å². The van der Waals surface area contributed by atoms with Crippen LogP contribution in [-0.2, 0) is 4.79 Å². The summed E-state index contributed by atoms with van der Waals surface area (Å²) in [5.41, 5.74) is 2.57. The second-order valence-corrected chi connectivity index (χ2v) is 6.63. The summed E-state index contributed by atoms with van der Waals surface area (Å²) < 4.78 is 12.6. The zero-order valence-electron chi connectivity index (χ0n) is 16.0. The summed E-state index contributed by atoms with van der Waals surface area (Å²) in [5.74, 6) is 1.34. The molecule has 29 heavy (non-hydrogen) atoms. The van der Waals surface area contributed by atoms with Crippen molar-refractivity contribution in [2.24, 2.45) is 0 Å². The molecule has 6 heteroatoms. The molecular weight excluding hydrogens is 366 g/mol. The van der Waals surface area contributed by atoms with Crippen molar-refractivity contribution in [1.82, 2.24) is 9.72 Å². The van der Waals surface area contributed by atoms with E-state index in [1.54, 1.807) is 19.4 Å². The van der Waals surface area contributed by atoms with Crippen LogP contribution in [0.25, 0.3) is 11.3 Å². The zero-order valence-corrected chi connectivity index (χ0v) is 16.0. The molecule has 6 nitrogen and oxygen atoms in total. The molecule has 0 unspecified atom stereocenters. The number of benzene rings is 2. The van der Waals surface area contributed by atoms with Crippen molar-refractivity contribution in [3.8, 4) is 17.1 Å². The van der Waals surface area contributed by atoms with Crippen LogP contribution in [0.4, 0.5) is 5.69 Å². The van der Waals surface area contributed by atoms with E-state index in [0.717, 1.165) is 16.9 Å². The molecule has 1 amide bonds. The van der Waals surface area contributed by atoms with Gasteiger partial charge in [-0.15, -0.1) is 0 Å². The minimum absolute atomic E-state index is 0.0822. The lowest BCUT2D eigenvalue weighted by atomic mass is 10.0. The Morgan fingerprint density at radius 1 is 1.10 bits per heavy atom. The van der Waals surface area contributed by atoms with Crippen molar-refractivity contribution in [3.05, 3.63) is 90.9 Å². The highest BCUT2D eigenvalue weighted by Gasteiger charge is 2.18. The van der Waals surface area contributed by atoms with Crippen molar-refractivity contribution >= 4 is 11.6 Å². The van der Waals surface area contributed by atoms with E-state index in [9.17, 15) is 4.79 Å². The maximum absolute atomic E-state index is 12.9. The first kappa shape index (κ1) is 18.6. The molecule has 0 aliphatic heterocycles. The van der Waals surface area contributed by atoms with Gasteiger partial charge in [0.25, 0.3) is 0 Å². The molecule has 2 aromatic carbocycles. The number of nitrogens with zero attached hydrogens (tertiary/aromatic N) is 2. The van der Waals surface area contributed by atoms with Crippen molar-refractivity contribution in [3.63, 3.8) is 0 Å². The van der Waals surface area contributed by atoms with Crippen LogP contribution in [0.15, 0.2) is 89.8 Å². The average Bonchev–Trinajstić information content (AvgIpc) is 3.46. The summed E-state index contributed by atoms with van der Waals surface area (Å²) in [7, 11) is 1.64. The van der Waals surface area contributed by atoms with Crippen LogP contribution in [0.5, 0.6) is 5.75 Å². The quantitative estimate of drug-likeness (QED) is 0.496. The molecule has 0 saturated carbocycles. The summed E-state index contributed by atoms with van der Waals surface area (Å²) in [5, 5.41) is 6.72. The van der Waals surface area contributed by atoms with Crippen LogP contribution in [0.2, 0.25) is 0 Å². The number of rotatable bonds is 7. The van der Waals surface area contributed by atoms with Gasteiger partial charge in [0.05, 0.1) is 25.8 Å². The fraction of sp³-hybridized carbons (Fsp3) is 0.130. The highest BCUT2D eigenvalue weighted by Crippen LogP contribution is 2.27. The first-order chi connectivity index (χ1) is 14.2. The Labute approximate surface area is 168 Å². The van der Waals surface area contributed by atoms with Gasteiger partial charge in [-0.05, 0) is 42.0 Å². The number of amides is 1. The lowest BCUT2D eigenvalue weighted by molar-refractivity contribution is -0.116. The molecule has 146 valence electrons. The molecule has 2 heterocycles. The van der Waals surface area contributed by atoms with Crippen LogP contribution in [-0.4, -0.2) is 22.7 Å². The van der Waals surface area contributed by atoms with Crippen LogP contribution in [0.3, 0.4) is 0 Å². The summed E-state index contributed by atoms with van der Waals surface area (Å²) in [6, 6.07) is 20.8. The lowest BCUT2D eigenvalue weighted by Gasteiger charge is -2.20. The predicted molar refractivity (Wildman–Crippen MR) is 111 cm³/mol. The Morgan fingerprint density at radius 3 is 2.69 bits per heavy atom. The van der Waals surface area contributed by atoms with E-state index in [-0.39, 0.29) is 18.4 Å². The molecule has 0 bridgehead atoms. The van der Waals surface area contributed by atoms with E-state index in [1.807, 2.05) is 77.6 Å². The van der Waals surface area contributed by atoms with Crippen LogP contribution < -0.4 is 10.1 Å². The third kappa shape index (κ3) is 4.38. The number of ether oxygens (including phenoxy) is 1. The topological polar surface area (TPSA) is 69.3 Å². The fourth-order valence-corrected chi connectivity index (χ4v) is 3.30. The monoisotopic (exact) mass is 387 g/mol. The molecule has 4 rings (SSSR count). The SMILES string of the molecule is COc1cccc([C@@H](CC(=O)Nc2cccc(-c3ccno3)c2)n2cccc2)c1. The number of anilines is 1. The highest BCUT2D eigenvalue weighted by molar-refractivity contribution is 5.91. The molecule has 0 aliphatic rings. The first-order valence-corrected chi connectivity index (χ1v) is 9.30. The number of nitrogens with one attached hydrogen (secondary N) is 1. The lowest BCUT2D eigenvalue weighted by Crippen LogP contribution is -2.19.